The molecule has 2 aliphatic rings. The highest BCUT2D eigenvalue weighted by atomic mass is 79.9. The highest BCUT2D eigenvalue weighted by Gasteiger charge is 2.38. The largest absolute Gasteiger partial charge is 0.356 e. The van der Waals surface area contributed by atoms with Crippen LogP contribution in [-0.4, -0.2) is 29.5 Å². The molecule has 0 aliphatic carbocycles. The average molecular weight is 418 g/mol. The minimum atomic E-state index is -0.241. The number of halogens is 2. The number of carbonyl (C=O) groups is 1. The molecule has 0 radical (unpaired) electrons. The van der Waals surface area contributed by atoms with E-state index in [0.29, 0.717) is 6.42 Å². The molecule has 1 amide bonds. The van der Waals surface area contributed by atoms with Gasteiger partial charge in [0, 0.05) is 41.3 Å². The Balaban J connectivity index is 1.53. The minimum absolute atomic E-state index is 0.0268. The van der Waals surface area contributed by atoms with Gasteiger partial charge in [-0.25, -0.2) is 9.37 Å². The topological polar surface area (TPSA) is 45.2 Å². The Kier molecular flexibility index (Phi) is 4.69. The summed E-state index contributed by atoms with van der Waals surface area (Å²) < 4.78 is 14.1. The van der Waals surface area contributed by atoms with E-state index < -0.39 is 0 Å². The van der Waals surface area contributed by atoms with Gasteiger partial charge in [-0.05, 0) is 65.4 Å². The zero-order valence-electron chi connectivity index (χ0n) is 14.5. The molecule has 0 bridgehead atoms. The molecule has 136 valence electrons. The van der Waals surface area contributed by atoms with Crippen molar-refractivity contribution in [2.75, 3.05) is 18.0 Å². The van der Waals surface area contributed by atoms with E-state index in [2.05, 4.69) is 37.2 Å². The second-order valence-electron chi connectivity index (χ2n) is 7.20. The van der Waals surface area contributed by atoms with E-state index in [1.54, 1.807) is 18.3 Å². The van der Waals surface area contributed by atoms with Crippen LogP contribution in [0.5, 0.6) is 0 Å². The van der Waals surface area contributed by atoms with E-state index in [1.807, 2.05) is 0 Å². The Morgan fingerprint density at radius 2 is 1.88 bits per heavy atom. The lowest BCUT2D eigenvalue weighted by Crippen LogP contribution is -2.57. The van der Waals surface area contributed by atoms with Crippen molar-refractivity contribution in [3.8, 4) is 11.1 Å². The van der Waals surface area contributed by atoms with Gasteiger partial charge in [-0.15, -0.1) is 0 Å². The number of carbonyl (C=O) groups excluding carboxylic acids is 1. The number of amides is 1. The first-order valence-electron chi connectivity index (χ1n) is 9.02. The van der Waals surface area contributed by atoms with Crippen LogP contribution < -0.4 is 10.2 Å². The number of anilines is 1. The van der Waals surface area contributed by atoms with Crippen LogP contribution in [0, 0.1) is 5.82 Å². The molecular weight excluding hydrogens is 397 g/mol. The van der Waals surface area contributed by atoms with E-state index in [9.17, 15) is 9.18 Å². The lowest BCUT2D eigenvalue weighted by Gasteiger charge is -2.45. The molecule has 2 aliphatic heterocycles. The summed E-state index contributed by atoms with van der Waals surface area (Å²) in [6, 6.07) is 8.55. The lowest BCUT2D eigenvalue weighted by molar-refractivity contribution is -0.125. The van der Waals surface area contributed by atoms with Gasteiger partial charge in [0.05, 0.1) is 0 Å². The van der Waals surface area contributed by atoms with Gasteiger partial charge in [-0.2, -0.15) is 0 Å². The standard InChI is InChI=1S/C20H21BrFN3O/c21-17-13-23-18(12-16(17)14-3-5-15(22)6-4-14)25-10-8-20(9-11-25)7-1-2-19(26)24-20/h3-6,12-13H,1-2,7-11H2,(H,24,26). The molecular formula is C20H21BrFN3O. The molecule has 0 saturated carbocycles. The van der Waals surface area contributed by atoms with E-state index in [-0.39, 0.29) is 17.3 Å². The first-order valence-corrected chi connectivity index (χ1v) is 9.81. The summed E-state index contributed by atoms with van der Waals surface area (Å²) in [6.45, 7) is 1.75. The van der Waals surface area contributed by atoms with Crippen LogP contribution in [0.2, 0.25) is 0 Å². The highest BCUT2D eigenvalue weighted by Crippen LogP contribution is 2.35. The summed E-state index contributed by atoms with van der Waals surface area (Å²) >= 11 is 3.55. The van der Waals surface area contributed by atoms with Gasteiger partial charge in [0.15, 0.2) is 0 Å². The number of rotatable bonds is 2. The average Bonchev–Trinajstić information content (AvgIpc) is 2.64. The van der Waals surface area contributed by atoms with Gasteiger partial charge in [-0.1, -0.05) is 12.1 Å². The second-order valence-corrected chi connectivity index (χ2v) is 8.05. The monoisotopic (exact) mass is 417 g/mol. The van der Waals surface area contributed by atoms with E-state index in [1.165, 1.54) is 12.1 Å². The second kappa shape index (κ2) is 6.99. The highest BCUT2D eigenvalue weighted by molar-refractivity contribution is 9.10. The molecule has 1 spiro atoms. The number of hydrogen-bond donors (Lipinski definition) is 1. The zero-order chi connectivity index (χ0) is 18.1. The molecule has 1 aromatic carbocycles. The number of hydrogen-bond acceptors (Lipinski definition) is 3. The van der Waals surface area contributed by atoms with Crippen molar-refractivity contribution in [1.82, 2.24) is 10.3 Å². The molecule has 0 unspecified atom stereocenters. The fourth-order valence-electron chi connectivity index (χ4n) is 4.00. The fraction of sp³-hybridized carbons (Fsp3) is 0.400. The maximum atomic E-state index is 13.2. The predicted molar refractivity (Wildman–Crippen MR) is 104 cm³/mol. The molecule has 2 saturated heterocycles. The molecule has 26 heavy (non-hydrogen) atoms. The van der Waals surface area contributed by atoms with Crippen molar-refractivity contribution in [3.63, 3.8) is 0 Å². The number of pyridine rings is 1. The molecule has 1 N–H and O–H groups in total. The van der Waals surface area contributed by atoms with Crippen LogP contribution in [0.25, 0.3) is 11.1 Å². The lowest BCUT2D eigenvalue weighted by atomic mass is 9.80. The van der Waals surface area contributed by atoms with Crippen molar-refractivity contribution in [2.45, 2.75) is 37.6 Å². The van der Waals surface area contributed by atoms with Gasteiger partial charge in [0.2, 0.25) is 5.91 Å². The fourth-order valence-corrected chi connectivity index (χ4v) is 4.44. The summed E-state index contributed by atoms with van der Waals surface area (Å²) in [6.07, 6.45) is 6.41. The van der Waals surface area contributed by atoms with Gasteiger partial charge >= 0.3 is 0 Å². The van der Waals surface area contributed by atoms with Gasteiger partial charge in [0.1, 0.15) is 11.6 Å². The third-order valence-electron chi connectivity index (χ3n) is 5.50. The smallest absolute Gasteiger partial charge is 0.220 e. The Bertz CT molecular complexity index is 816. The quantitative estimate of drug-likeness (QED) is 0.792. The van der Waals surface area contributed by atoms with Crippen LogP contribution in [-0.2, 0) is 4.79 Å². The SMILES string of the molecule is O=C1CCCC2(CCN(c3cc(-c4ccc(F)cc4)c(Br)cn3)CC2)N1. The Morgan fingerprint density at radius 3 is 2.58 bits per heavy atom. The Labute approximate surface area is 160 Å². The van der Waals surface area contributed by atoms with Crippen molar-refractivity contribution in [1.29, 1.82) is 0 Å². The summed E-state index contributed by atoms with van der Waals surface area (Å²) in [7, 11) is 0. The minimum Gasteiger partial charge on any atom is -0.356 e. The number of piperidine rings is 2. The zero-order valence-corrected chi connectivity index (χ0v) is 16.1. The molecule has 6 heteroatoms. The third-order valence-corrected chi connectivity index (χ3v) is 6.14. The third kappa shape index (κ3) is 3.47. The Hall–Kier alpha value is -1.95. The number of nitrogens with one attached hydrogen (secondary N) is 1. The Morgan fingerprint density at radius 1 is 1.15 bits per heavy atom. The molecule has 4 nitrogen and oxygen atoms in total. The van der Waals surface area contributed by atoms with Crippen molar-refractivity contribution in [3.05, 3.63) is 46.8 Å². The number of aromatic nitrogens is 1. The van der Waals surface area contributed by atoms with Gasteiger partial charge < -0.3 is 10.2 Å². The van der Waals surface area contributed by atoms with Crippen molar-refractivity contribution < 1.29 is 9.18 Å². The van der Waals surface area contributed by atoms with Crippen LogP contribution in [0.4, 0.5) is 10.2 Å². The maximum Gasteiger partial charge on any atom is 0.220 e. The maximum absolute atomic E-state index is 13.2. The summed E-state index contributed by atoms with van der Waals surface area (Å²) in [5, 5.41) is 3.23. The number of benzene rings is 1. The van der Waals surface area contributed by atoms with Crippen molar-refractivity contribution >= 4 is 27.7 Å². The van der Waals surface area contributed by atoms with Crippen LogP contribution in [0.1, 0.15) is 32.1 Å². The summed E-state index contributed by atoms with van der Waals surface area (Å²) in [5.74, 6) is 0.865. The van der Waals surface area contributed by atoms with Crippen LogP contribution in [0.15, 0.2) is 41.0 Å². The molecule has 2 aromatic rings. The van der Waals surface area contributed by atoms with Gasteiger partial charge in [-0.3, -0.25) is 4.79 Å². The van der Waals surface area contributed by atoms with E-state index >= 15 is 0 Å². The molecule has 3 heterocycles. The summed E-state index contributed by atoms with van der Waals surface area (Å²) in [5.41, 5.74) is 1.93. The van der Waals surface area contributed by atoms with Gasteiger partial charge in [0.25, 0.3) is 0 Å². The first-order chi connectivity index (χ1) is 12.5. The van der Waals surface area contributed by atoms with E-state index in [4.69, 9.17) is 0 Å². The van der Waals surface area contributed by atoms with Crippen LogP contribution >= 0.6 is 15.9 Å². The first kappa shape index (κ1) is 17.5. The molecule has 1 aromatic heterocycles. The van der Waals surface area contributed by atoms with Crippen molar-refractivity contribution in [2.24, 2.45) is 0 Å². The molecule has 2 fully saturated rings. The predicted octanol–water partition coefficient (Wildman–Crippen LogP) is 4.29. The number of nitrogens with zero attached hydrogens (tertiary/aromatic N) is 2. The van der Waals surface area contributed by atoms with Crippen LogP contribution in [0.3, 0.4) is 0 Å². The summed E-state index contributed by atoms with van der Waals surface area (Å²) in [4.78, 5) is 18.6. The molecule has 4 rings (SSSR count). The van der Waals surface area contributed by atoms with E-state index in [0.717, 1.165) is 60.2 Å². The molecule has 0 atom stereocenters. The normalized spacial score (nSPS) is 19.5.